The van der Waals surface area contributed by atoms with Crippen LogP contribution in [0.25, 0.3) is 0 Å². The monoisotopic (exact) mass is 262 g/mol. The summed E-state index contributed by atoms with van der Waals surface area (Å²) in [6.45, 7) is 5.28. The number of carbonyl (C=O) groups is 1. The predicted molar refractivity (Wildman–Crippen MR) is 75.8 cm³/mol. The fourth-order valence-electron chi connectivity index (χ4n) is 2.50. The van der Waals surface area contributed by atoms with Gasteiger partial charge in [0.2, 0.25) is 5.91 Å². The Morgan fingerprint density at radius 2 is 2.42 bits per heavy atom. The van der Waals surface area contributed by atoms with Crippen LogP contribution in [0.1, 0.15) is 18.5 Å². The average molecular weight is 262 g/mol. The van der Waals surface area contributed by atoms with Crippen LogP contribution in [-0.4, -0.2) is 42.0 Å². The zero-order valence-corrected chi connectivity index (χ0v) is 11.4. The Balaban J connectivity index is 1.92. The minimum absolute atomic E-state index is 0.0441. The summed E-state index contributed by atoms with van der Waals surface area (Å²) in [5.41, 5.74) is 6.48. The first-order chi connectivity index (χ1) is 9.19. The number of amides is 1. The molecule has 3 N–H and O–H groups in total. The van der Waals surface area contributed by atoms with Crippen molar-refractivity contribution in [3.05, 3.63) is 23.9 Å². The molecule has 1 aromatic heterocycles. The highest BCUT2D eigenvalue weighted by Gasteiger charge is 2.25. The number of rotatable bonds is 4. The molecule has 0 aliphatic carbocycles. The van der Waals surface area contributed by atoms with Gasteiger partial charge in [-0.25, -0.2) is 4.98 Å². The number of carbonyl (C=O) groups excluding carboxylic acids is 1. The summed E-state index contributed by atoms with van der Waals surface area (Å²) in [4.78, 5) is 18.8. The SMILES string of the molecule is Cc1cccc(NC(=O)C2CCCN(CCN)C2)n1. The third kappa shape index (κ3) is 4.01. The molecular formula is C14H22N4O. The second-order valence-corrected chi connectivity index (χ2v) is 5.08. The van der Waals surface area contributed by atoms with Crippen molar-refractivity contribution in [1.82, 2.24) is 9.88 Å². The summed E-state index contributed by atoms with van der Waals surface area (Å²) >= 11 is 0. The van der Waals surface area contributed by atoms with E-state index in [2.05, 4.69) is 15.2 Å². The quantitative estimate of drug-likeness (QED) is 0.849. The molecule has 0 bridgehead atoms. The molecule has 1 atom stereocenters. The number of nitrogens with one attached hydrogen (secondary N) is 1. The third-order valence-corrected chi connectivity index (χ3v) is 3.46. The van der Waals surface area contributed by atoms with Gasteiger partial charge in [0.1, 0.15) is 5.82 Å². The van der Waals surface area contributed by atoms with Gasteiger partial charge >= 0.3 is 0 Å². The molecule has 0 saturated carbocycles. The van der Waals surface area contributed by atoms with Gasteiger partial charge in [-0.2, -0.15) is 0 Å². The first-order valence-corrected chi connectivity index (χ1v) is 6.86. The summed E-state index contributed by atoms with van der Waals surface area (Å²) in [5, 5.41) is 2.91. The van der Waals surface area contributed by atoms with E-state index in [1.165, 1.54) is 0 Å². The van der Waals surface area contributed by atoms with Gasteiger partial charge in [-0.1, -0.05) is 6.07 Å². The minimum atomic E-state index is 0.0441. The van der Waals surface area contributed by atoms with Gasteiger partial charge in [-0.3, -0.25) is 4.79 Å². The lowest BCUT2D eigenvalue weighted by Crippen LogP contribution is -2.42. The molecule has 1 aliphatic heterocycles. The number of aryl methyl sites for hydroxylation is 1. The largest absolute Gasteiger partial charge is 0.329 e. The van der Waals surface area contributed by atoms with Crippen LogP contribution in [0.3, 0.4) is 0 Å². The smallest absolute Gasteiger partial charge is 0.229 e. The molecule has 104 valence electrons. The predicted octanol–water partition coefficient (Wildman–Crippen LogP) is 0.999. The minimum Gasteiger partial charge on any atom is -0.329 e. The lowest BCUT2D eigenvalue weighted by atomic mass is 9.97. The highest BCUT2D eigenvalue weighted by atomic mass is 16.2. The van der Waals surface area contributed by atoms with E-state index in [0.29, 0.717) is 12.4 Å². The number of anilines is 1. The van der Waals surface area contributed by atoms with Crippen LogP contribution in [0, 0.1) is 12.8 Å². The van der Waals surface area contributed by atoms with Crippen molar-refractivity contribution >= 4 is 11.7 Å². The number of piperidine rings is 1. The molecule has 1 saturated heterocycles. The first kappa shape index (κ1) is 14.0. The molecule has 1 fully saturated rings. The number of aromatic nitrogens is 1. The molecule has 0 radical (unpaired) electrons. The van der Waals surface area contributed by atoms with Crippen LogP contribution >= 0.6 is 0 Å². The second kappa shape index (κ2) is 6.63. The molecule has 1 aliphatic rings. The van der Waals surface area contributed by atoms with Crippen LogP contribution in [0.5, 0.6) is 0 Å². The number of nitrogens with zero attached hydrogens (tertiary/aromatic N) is 2. The molecule has 2 heterocycles. The number of hydrogen-bond donors (Lipinski definition) is 2. The maximum atomic E-state index is 12.2. The fourth-order valence-corrected chi connectivity index (χ4v) is 2.50. The van der Waals surface area contributed by atoms with Gasteiger partial charge in [0.15, 0.2) is 0 Å². The Morgan fingerprint density at radius 1 is 1.58 bits per heavy atom. The molecule has 5 nitrogen and oxygen atoms in total. The molecule has 1 aromatic rings. The summed E-state index contributed by atoms with van der Waals surface area (Å²) in [7, 11) is 0. The zero-order valence-electron chi connectivity index (χ0n) is 11.4. The number of likely N-dealkylation sites (tertiary alicyclic amines) is 1. The van der Waals surface area contributed by atoms with E-state index in [1.54, 1.807) is 0 Å². The Morgan fingerprint density at radius 3 is 3.16 bits per heavy atom. The Hall–Kier alpha value is -1.46. The van der Waals surface area contributed by atoms with E-state index in [1.807, 2.05) is 25.1 Å². The molecule has 2 rings (SSSR count). The molecular weight excluding hydrogens is 240 g/mol. The van der Waals surface area contributed by atoms with Crippen LogP contribution in [-0.2, 0) is 4.79 Å². The summed E-state index contributed by atoms with van der Waals surface area (Å²) in [6.07, 6.45) is 2.00. The normalized spacial score (nSPS) is 20.2. The highest BCUT2D eigenvalue weighted by Crippen LogP contribution is 2.18. The summed E-state index contributed by atoms with van der Waals surface area (Å²) in [6, 6.07) is 5.64. The van der Waals surface area contributed by atoms with Crippen molar-refractivity contribution in [1.29, 1.82) is 0 Å². The van der Waals surface area contributed by atoms with Crippen LogP contribution in [0.15, 0.2) is 18.2 Å². The zero-order chi connectivity index (χ0) is 13.7. The lowest BCUT2D eigenvalue weighted by molar-refractivity contribution is -0.121. The van der Waals surface area contributed by atoms with E-state index in [0.717, 1.165) is 38.2 Å². The average Bonchev–Trinajstić information content (AvgIpc) is 2.39. The Bertz CT molecular complexity index is 433. The fraction of sp³-hybridized carbons (Fsp3) is 0.571. The van der Waals surface area contributed by atoms with Gasteiger partial charge in [0, 0.05) is 25.3 Å². The van der Waals surface area contributed by atoms with Crippen LogP contribution in [0.4, 0.5) is 5.82 Å². The van der Waals surface area contributed by atoms with Gasteiger partial charge in [-0.05, 0) is 38.4 Å². The van der Waals surface area contributed by atoms with Crippen LogP contribution < -0.4 is 11.1 Å². The summed E-state index contributed by atoms with van der Waals surface area (Å²) in [5.74, 6) is 0.753. The molecule has 1 unspecified atom stereocenters. The summed E-state index contributed by atoms with van der Waals surface area (Å²) < 4.78 is 0. The second-order valence-electron chi connectivity index (χ2n) is 5.08. The van der Waals surface area contributed by atoms with Crippen molar-refractivity contribution in [2.24, 2.45) is 11.7 Å². The first-order valence-electron chi connectivity index (χ1n) is 6.86. The van der Waals surface area contributed by atoms with Crippen molar-refractivity contribution in [3.63, 3.8) is 0 Å². The van der Waals surface area contributed by atoms with E-state index in [-0.39, 0.29) is 11.8 Å². The molecule has 0 aromatic carbocycles. The standard InChI is InChI=1S/C14H22N4O/c1-11-4-2-6-13(16-11)17-14(19)12-5-3-8-18(10-12)9-7-15/h2,4,6,12H,3,5,7-10,15H2,1H3,(H,16,17,19). The Kier molecular flexibility index (Phi) is 4.87. The van der Waals surface area contributed by atoms with Gasteiger partial charge in [-0.15, -0.1) is 0 Å². The van der Waals surface area contributed by atoms with E-state index in [9.17, 15) is 4.79 Å². The van der Waals surface area contributed by atoms with Crippen molar-refractivity contribution in [3.8, 4) is 0 Å². The molecule has 0 spiro atoms. The number of nitrogens with two attached hydrogens (primary N) is 1. The van der Waals surface area contributed by atoms with Gasteiger partial charge in [0.25, 0.3) is 0 Å². The maximum Gasteiger partial charge on any atom is 0.229 e. The van der Waals surface area contributed by atoms with Crippen LogP contribution in [0.2, 0.25) is 0 Å². The van der Waals surface area contributed by atoms with Crippen molar-refractivity contribution in [2.75, 3.05) is 31.5 Å². The molecule has 19 heavy (non-hydrogen) atoms. The highest BCUT2D eigenvalue weighted by molar-refractivity contribution is 5.91. The topological polar surface area (TPSA) is 71.2 Å². The molecule has 1 amide bonds. The van der Waals surface area contributed by atoms with Crippen molar-refractivity contribution < 1.29 is 4.79 Å². The third-order valence-electron chi connectivity index (χ3n) is 3.46. The van der Waals surface area contributed by atoms with E-state index >= 15 is 0 Å². The number of hydrogen-bond acceptors (Lipinski definition) is 4. The van der Waals surface area contributed by atoms with Gasteiger partial charge in [0.05, 0.1) is 5.92 Å². The Labute approximate surface area is 114 Å². The number of pyridine rings is 1. The van der Waals surface area contributed by atoms with Gasteiger partial charge < -0.3 is 16.0 Å². The molecule has 5 heteroatoms. The lowest BCUT2D eigenvalue weighted by Gasteiger charge is -2.31. The van der Waals surface area contributed by atoms with E-state index in [4.69, 9.17) is 5.73 Å². The van der Waals surface area contributed by atoms with E-state index < -0.39 is 0 Å². The van der Waals surface area contributed by atoms with Crippen molar-refractivity contribution in [2.45, 2.75) is 19.8 Å². The maximum absolute atomic E-state index is 12.2.